The van der Waals surface area contributed by atoms with Gasteiger partial charge in [0.1, 0.15) is 5.82 Å². The van der Waals surface area contributed by atoms with E-state index >= 15 is 0 Å². The van der Waals surface area contributed by atoms with E-state index in [4.69, 9.17) is 11.6 Å². The molecule has 0 saturated carbocycles. The van der Waals surface area contributed by atoms with Crippen LogP contribution in [0.25, 0.3) is 0 Å². The monoisotopic (exact) mass is 418 g/mol. The number of amides is 1. The predicted octanol–water partition coefficient (Wildman–Crippen LogP) is 3.05. The van der Waals surface area contributed by atoms with Crippen LogP contribution in [0.5, 0.6) is 0 Å². The summed E-state index contributed by atoms with van der Waals surface area (Å²) in [7, 11) is -2.39. The summed E-state index contributed by atoms with van der Waals surface area (Å²) >= 11 is 6.13. The van der Waals surface area contributed by atoms with E-state index in [0.29, 0.717) is 12.4 Å². The maximum Gasteiger partial charge on any atom is 0.258 e. The van der Waals surface area contributed by atoms with Crippen LogP contribution in [0.15, 0.2) is 59.5 Å². The zero-order chi connectivity index (χ0) is 20.3. The topological polar surface area (TPSA) is 93.1 Å². The number of hydrogen-bond acceptors (Lipinski definition) is 4. The Hall–Kier alpha value is -2.68. The van der Waals surface area contributed by atoms with Gasteiger partial charge in [0.15, 0.2) is 0 Å². The summed E-state index contributed by atoms with van der Waals surface area (Å²) in [6, 6.07) is 15.4. The number of sulfonamides is 1. The lowest BCUT2D eigenvalue weighted by molar-refractivity contribution is 0.102. The number of nitrogens with one attached hydrogen (secondary N) is 2. The number of anilines is 1. The van der Waals surface area contributed by atoms with Gasteiger partial charge < -0.3 is 5.32 Å². The van der Waals surface area contributed by atoms with Gasteiger partial charge in [-0.3, -0.25) is 4.79 Å². The van der Waals surface area contributed by atoms with Crippen molar-refractivity contribution in [2.45, 2.75) is 18.4 Å². The fraction of sp³-hybridized carbons (Fsp3) is 0.158. The summed E-state index contributed by atoms with van der Waals surface area (Å²) in [6.07, 6.45) is 0. The number of halogens is 1. The van der Waals surface area contributed by atoms with Gasteiger partial charge in [-0.15, -0.1) is 0 Å². The minimum absolute atomic E-state index is 0.0430. The molecule has 0 aliphatic carbocycles. The number of nitrogens with zero attached hydrogens (tertiary/aromatic N) is 2. The highest BCUT2D eigenvalue weighted by Crippen LogP contribution is 2.22. The average molecular weight is 419 g/mol. The van der Waals surface area contributed by atoms with Gasteiger partial charge in [-0.05, 0) is 37.7 Å². The van der Waals surface area contributed by atoms with Crippen molar-refractivity contribution in [2.24, 2.45) is 0 Å². The fourth-order valence-corrected chi connectivity index (χ4v) is 3.63. The van der Waals surface area contributed by atoms with Crippen molar-refractivity contribution in [1.82, 2.24) is 14.5 Å². The number of carbonyl (C=O) groups excluding carboxylic acids is 1. The number of benzene rings is 2. The molecule has 9 heteroatoms. The number of rotatable bonds is 6. The van der Waals surface area contributed by atoms with Crippen LogP contribution in [0.3, 0.4) is 0 Å². The number of aryl methyl sites for hydroxylation is 1. The van der Waals surface area contributed by atoms with Gasteiger partial charge in [-0.2, -0.15) is 5.10 Å². The molecule has 0 spiro atoms. The molecule has 7 nitrogen and oxygen atoms in total. The molecule has 1 amide bonds. The molecule has 0 radical (unpaired) electrons. The quantitative estimate of drug-likeness (QED) is 0.643. The Morgan fingerprint density at radius 1 is 1.14 bits per heavy atom. The Balaban J connectivity index is 1.89. The van der Waals surface area contributed by atoms with Crippen molar-refractivity contribution >= 4 is 33.3 Å². The molecule has 0 aliphatic rings. The minimum Gasteiger partial charge on any atom is -0.307 e. The van der Waals surface area contributed by atoms with E-state index in [1.54, 1.807) is 10.7 Å². The summed E-state index contributed by atoms with van der Waals surface area (Å²) in [5, 5.41) is 7.33. The lowest BCUT2D eigenvalue weighted by Crippen LogP contribution is -2.20. The standard InChI is InChI=1S/C19H19ClN4O3S/c1-13-10-18(24(23-13)12-14-6-4-3-5-7-14)22-19(25)16-11-15(8-9-17(16)20)28(26,27)21-2/h3-11,21H,12H2,1-2H3,(H,22,25). The predicted molar refractivity (Wildman–Crippen MR) is 108 cm³/mol. The molecule has 2 N–H and O–H groups in total. The molecule has 1 aromatic heterocycles. The number of carbonyl (C=O) groups is 1. The number of hydrogen-bond donors (Lipinski definition) is 2. The lowest BCUT2D eigenvalue weighted by atomic mass is 10.2. The molecule has 3 rings (SSSR count). The van der Waals surface area contributed by atoms with Gasteiger partial charge in [0, 0.05) is 6.07 Å². The molecule has 3 aromatic rings. The lowest BCUT2D eigenvalue weighted by Gasteiger charge is -2.11. The SMILES string of the molecule is CNS(=O)(=O)c1ccc(Cl)c(C(=O)Nc2cc(C)nn2Cc2ccccc2)c1. The van der Waals surface area contributed by atoms with E-state index in [0.717, 1.165) is 11.3 Å². The summed E-state index contributed by atoms with van der Waals surface area (Å²) in [5.41, 5.74) is 1.83. The van der Waals surface area contributed by atoms with Gasteiger partial charge in [-0.25, -0.2) is 17.8 Å². The largest absolute Gasteiger partial charge is 0.307 e. The minimum atomic E-state index is -3.69. The Morgan fingerprint density at radius 2 is 1.86 bits per heavy atom. The van der Waals surface area contributed by atoms with Gasteiger partial charge in [0.25, 0.3) is 5.91 Å². The maximum absolute atomic E-state index is 12.8. The molecule has 0 aliphatic heterocycles. The van der Waals surface area contributed by atoms with Gasteiger partial charge in [-0.1, -0.05) is 41.9 Å². The second-order valence-corrected chi connectivity index (χ2v) is 8.41. The zero-order valence-corrected chi connectivity index (χ0v) is 16.9. The first-order chi connectivity index (χ1) is 13.3. The molecular weight excluding hydrogens is 400 g/mol. The molecule has 0 atom stereocenters. The van der Waals surface area contributed by atoms with Crippen molar-refractivity contribution < 1.29 is 13.2 Å². The van der Waals surface area contributed by atoms with Crippen LogP contribution < -0.4 is 10.0 Å². The van der Waals surface area contributed by atoms with Crippen LogP contribution in [0, 0.1) is 6.92 Å². The first-order valence-electron chi connectivity index (χ1n) is 8.43. The first kappa shape index (κ1) is 20.1. The van der Waals surface area contributed by atoms with Gasteiger partial charge in [0.2, 0.25) is 10.0 Å². The summed E-state index contributed by atoms with van der Waals surface area (Å²) in [6.45, 7) is 2.30. The van der Waals surface area contributed by atoms with E-state index in [2.05, 4.69) is 15.1 Å². The molecule has 2 aromatic carbocycles. The van der Waals surface area contributed by atoms with Crippen LogP contribution in [0.2, 0.25) is 5.02 Å². The molecule has 146 valence electrons. The third kappa shape index (κ3) is 4.41. The molecule has 0 fully saturated rings. The van der Waals surface area contributed by atoms with Gasteiger partial charge in [0.05, 0.1) is 27.7 Å². The van der Waals surface area contributed by atoms with Crippen molar-refractivity contribution in [2.75, 3.05) is 12.4 Å². The van der Waals surface area contributed by atoms with Crippen LogP contribution in [-0.4, -0.2) is 31.2 Å². The molecule has 0 bridgehead atoms. The second kappa shape index (κ2) is 8.14. The van der Waals surface area contributed by atoms with Crippen molar-refractivity contribution in [3.05, 3.63) is 76.4 Å². The van der Waals surface area contributed by atoms with Crippen LogP contribution in [-0.2, 0) is 16.6 Å². The maximum atomic E-state index is 12.8. The molecule has 1 heterocycles. The van der Waals surface area contributed by atoms with E-state index in [-0.39, 0.29) is 15.5 Å². The first-order valence-corrected chi connectivity index (χ1v) is 10.3. The normalized spacial score (nSPS) is 11.4. The van der Waals surface area contributed by atoms with E-state index in [1.165, 1.54) is 25.2 Å². The van der Waals surface area contributed by atoms with Gasteiger partial charge >= 0.3 is 0 Å². The fourth-order valence-electron chi connectivity index (χ4n) is 2.67. The Morgan fingerprint density at radius 3 is 2.54 bits per heavy atom. The summed E-state index contributed by atoms with van der Waals surface area (Å²) in [5.74, 6) is -0.0309. The molecule has 0 unspecified atom stereocenters. The van der Waals surface area contributed by atoms with E-state index in [9.17, 15) is 13.2 Å². The Bertz CT molecular complexity index is 1110. The highest BCUT2D eigenvalue weighted by atomic mass is 35.5. The van der Waals surface area contributed by atoms with Crippen LogP contribution in [0.4, 0.5) is 5.82 Å². The highest BCUT2D eigenvalue weighted by Gasteiger charge is 2.19. The number of aromatic nitrogens is 2. The second-order valence-electron chi connectivity index (χ2n) is 6.12. The summed E-state index contributed by atoms with van der Waals surface area (Å²) < 4.78 is 27.9. The molecule has 28 heavy (non-hydrogen) atoms. The van der Waals surface area contributed by atoms with Crippen LogP contribution >= 0.6 is 11.6 Å². The average Bonchev–Trinajstić information content (AvgIpc) is 3.01. The van der Waals surface area contributed by atoms with E-state index in [1.807, 2.05) is 37.3 Å². The van der Waals surface area contributed by atoms with Crippen LogP contribution in [0.1, 0.15) is 21.6 Å². The molecular formula is C19H19ClN4O3S. The highest BCUT2D eigenvalue weighted by molar-refractivity contribution is 7.89. The Kier molecular flexibility index (Phi) is 5.83. The zero-order valence-electron chi connectivity index (χ0n) is 15.3. The third-order valence-electron chi connectivity index (χ3n) is 4.08. The third-order valence-corrected chi connectivity index (χ3v) is 5.82. The van der Waals surface area contributed by atoms with Crippen molar-refractivity contribution in [3.8, 4) is 0 Å². The Labute approximate surface area is 168 Å². The molecule has 0 saturated heterocycles. The smallest absolute Gasteiger partial charge is 0.258 e. The van der Waals surface area contributed by atoms with Crippen molar-refractivity contribution in [1.29, 1.82) is 0 Å². The van der Waals surface area contributed by atoms with Crippen molar-refractivity contribution in [3.63, 3.8) is 0 Å². The van der Waals surface area contributed by atoms with E-state index < -0.39 is 15.9 Å². The summed E-state index contributed by atoms with van der Waals surface area (Å²) in [4.78, 5) is 12.7.